The van der Waals surface area contributed by atoms with Gasteiger partial charge < -0.3 is 29.2 Å². The lowest BCUT2D eigenvalue weighted by Gasteiger charge is -2.42. The quantitative estimate of drug-likeness (QED) is 0.605. The fraction of sp³-hybridized carbons (Fsp3) is 0.818. The predicted molar refractivity (Wildman–Crippen MR) is 59.5 cm³/mol. The third-order valence-corrected chi connectivity index (χ3v) is 2.72. The van der Waals surface area contributed by atoms with Crippen LogP contribution in [0.4, 0.5) is 0 Å². The number of aliphatic hydroxyl groups excluding tert-OH is 2. The molecular formula is C11H20O6. The van der Waals surface area contributed by atoms with Crippen LogP contribution in [0.2, 0.25) is 0 Å². The van der Waals surface area contributed by atoms with Gasteiger partial charge in [-0.2, -0.15) is 0 Å². The molecule has 2 N–H and O–H groups in total. The highest BCUT2D eigenvalue weighted by molar-refractivity contribution is 4.91. The van der Waals surface area contributed by atoms with E-state index < -0.39 is 30.7 Å². The van der Waals surface area contributed by atoms with Gasteiger partial charge in [-0.1, -0.05) is 6.08 Å². The molecule has 100 valence electrons. The van der Waals surface area contributed by atoms with Crippen molar-refractivity contribution in [3.05, 3.63) is 12.7 Å². The first-order valence-corrected chi connectivity index (χ1v) is 5.42. The molecule has 1 fully saturated rings. The highest BCUT2D eigenvalue weighted by Crippen LogP contribution is 2.25. The standard InChI is InChI=1S/C11H20O6/c1-4-5-16-11-10(15-3)9(14-2)8(13)7(6-12)17-11/h4,7-13H,1,5-6H2,2-3H3/t7-,8-,9+,10-,11+/m1/s1. The van der Waals surface area contributed by atoms with Crippen LogP contribution in [0, 0.1) is 0 Å². The minimum absolute atomic E-state index is 0.287. The van der Waals surface area contributed by atoms with E-state index in [-0.39, 0.29) is 13.2 Å². The first kappa shape index (κ1) is 14.6. The second-order valence-electron chi connectivity index (χ2n) is 3.74. The van der Waals surface area contributed by atoms with E-state index in [0.29, 0.717) is 0 Å². The van der Waals surface area contributed by atoms with Gasteiger partial charge in [-0.05, 0) is 0 Å². The van der Waals surface area contributed by atoms with E-state index in [0.717, 1.165) is 0 Å². The van der Waals surface area contributed by atoms with E-state index >= 15 is 0 Å². The molecule has 0 aromatic carbocycles. The second-order valence-corrected chi connectivity index (χ2v) is 3.74. The van der Waals surface area contributed by atoms with Crippen molar-refractivity contribution in [2.24, 2.45) is 0 Å². The van der Waals surface area contributed by atoms with Crippen molar-refractivity contribution in [2.75, 3.05) is 27.4 Å². The Bertz CT molecular complexity index is 234. The van der Waals surface area contributed by atoms with Crippen LogP contribution in [-0.2, 0) is 18.9 Å². The van der Waals surface area contributed by atoms with Crippen LogP contribution < -0.4 is 0 Å². The second kappa shape index (κ2) is 7.05. The molecule has 1 aliphatic rings. The molecule has 0 amide bonds. The van der Waals surface area contributed by atoms with Crippen molar-refractivity contribution in [1.82, 2.24) is 0 Å². The summed E-state index contributed by atoms with van der Waals surface area (Å²) in [5, 5.41) is 19.0. The van der Waals surface area contributed by atoms with Gasteiger partial charge in [0.15, 0.2) is 6.29 Å². The summed E-state index contributed by atoms with van der Waals surface area (Å²) >= 11 is 0. The minimum Gasteiger partial charge on any atom is -0.394 e. The molecule has 1 saturated heterocycles. The molecule has 6 nitrogen and oxygen atoms in total. The Balaban J connectivity index is 2.76. The maximum absolute atomic E-state index is 9.91. The van der Waals surface area contributed by atoms with Crippen LogP contribution in [0.1, 0.15) is 0 Å². The smallest absolute Gasteiger partial charge is 0.187 e. The number of hydrogen-bond acceptors (Lipinski definition) is 6. The lowest BCUT2D eigenvalue weighted by atomic mass is 9.99. The first-order valence-electron chi connectivity index (χ1n) is 5.42. The minimum atomic E-state index is -0.960. The Morgan fingerprint density at radius 1 is 1.29 bits per heavy atom. The lowest BCUT2D eigenvalue weighted by molar-refractivity contribution is -0.306. The average Bonchev–Trinajstić information content (AvgIpc) is 2.36. The summed E-state index contributed by atoms with van der Waals surface area (Å²) in [6.45, 7) is 3.51. The third-order valence-electron chi connectivity index (χ3n) is 2.72. The summed E-state index contributed by atoms with van der Waals surface area (Å²) in [4.78, 5) is 0. The SMILES string of the molecule is C=CCO[C@H]1O[C@H](CO)[C@@H](O)[C@H](OC)[C@H]1OC. The maximum atomic E-state index is 9.91. The van der Waals surface area contributed by atoms with Crippen molar-refractivity contribution < 1.29 is 29.2 Å². The van der Waals surface area contributed by atoms with Crippen molar-refractivity contribution in [3.8, 4) is 0 Å². The summed E-state index contributed by atoms with van der Waals surface area (Å²) in [6.07, 6.45) is -2.00. The van der Waals surface area contributed by atoms with Crippen LogP contribution in [0.5, 0.6) is 0 Å². The van der Waals surface area contributed by atoms with Gasteiger partial charge in [0.1, 0.15) is 24.4 Å². The van der Waals surface area contributed by atoms with Crippen LogP contribution >= 0.6 is 0 Å². The normalized spacial score (nSPS) is 38.0. The zero-order chi connectivity index (χ0) is 12.8. The van der Waals surface area contributed by atoms with E-state index in [9.17, 15) is 5.11 Å². The molecule has 0 bridgehead atoms. The Morgan fingerprint density at radius 3 is 2.41 bits per heavy atom. The average molecular weight is 248 g/mol. The summed E-state index contributed by atoms with van der Waals surface area (Å²) in [6, 6.07) is 0. The molecule has 0 aromatic heterocycles. The van der Waals surface area contributed by atoms with E-state index in [4.69, 9.17) is 24.1 Å². The maximum Gasteiger partial charge on any atom is 0.187 e. The number of methoxy groups -OCH3 is 2. The largest absolute Gasteiger partial charge is 0.394 e. The van der Waals surface area contributed by atoms with Crippen molar-refractivity contribution in [1.29, 1.82) is 0 Å². The molecule has 0 saturated carbocycles. The van der Waals surface area contributed by atoms with Crippen molar-refractivity contribution in [3.63, 3.8) is 0 Å². The molecule has 1 aliphatic heterocycles. The number of aliphatic hydroxyl groups is 2. The highest BCUT2D eigenvalue weighted by atomic mass is 16.7. The molecular weight excluding hydrogens is 228 g/mol. The third kappa shape index (κ3) is 3.25. The van der Waals surface area contributed by atoms with E-state index in [1.54, 1.807) is 6.08 Å². The fourth-order valence-corrected chi connectivity index (χ4v) is 1.86. The van der Waals surface area contributed by atoms with Gasteiger partial charge in [-0.3, -0.25) is 0 Å². The molecule has 17 heavy (non-hydrogen) atoms. The Morgan fingerprint density at radius 2 is 1.94 bits per heavy atom. The molecule has 6 heteroatoms. The summed E-state index contributed by atoms with van der Waals surface area (Å²) in [5.74, 6) is 0. The van der Waals surface area contributed by atoms with Gasteiger partial charge in [-0.15, -0.1) is 6.58 Å². The molecule has 0 aliphatic carbocycles. The Kier molecular flexibility index (Phi) is 6.04. The van der Waals surface area contributed by atoms with Crippen molar-refractivity contribution in [2.45, 2.75) is 30.7 Å². The topological polar surface area (TPSA) is 77.4 Å². The van der Waals surface area contributed by atoms with Gasteiger partial charge in [-0.25, -0.2) is 0 Å². The zero-order valence-electron chi connectivity index (χ0n) is 10.1. The number of ether oxygens (including phenoxy) is 4. The predicted octanol–water partition coefficient (Wildman–Crippen LogP) is -0.703. The molecule has 0 aromatic rings. The molecule has 0 spiro atoms. The van der Waals surface area contributed by atoms with Gasteiger partial charge in [0, 0.05) is 14.2 Å². The van der Waals surface area contributed by atoms with Crippen LogP contribution in [-0.4, -0.2) is 68.4 Å². The monoisotopic (exact) mass is 248 g/mol. The van der Waals surface area contributed by atoms with Gasteiger partial charge >= 0.3 is 0 Å². The lowest BCUT2D eigenvalue weighted by Crippen LogP contribution is -2.60. The van der Waals surface area contributed by atoms with Crippen LogP contribution in [0.3, 0.4) is 0 Å². The first-order chi connectivity index (χ1) is 8.19. The van der Waals surface area contributed by atoms with Gasteiger partial charge in [0.05, 0.1) is 13.2 Å². The van der Waals surface area contributed by atoms with E-state index in [1.165, 1.54) is 14.2 Å². The molecule has 5 atom stereocenters. The number of rotatable bonds is 6. The number of hydrogen-bond donors (Lipinski definition) is 2. The van der Waals surface area contributed by atoms with E-state index in [2.05, 4.69) is 6.58 Å². The molecule has 1 heterocycles. The zero-order valence-corrected chi connectivity index (χ0v) is 10.1. The van der Waals surface area contributed by atoms with Gasteiger partial charge in [0.2, 0.25) is 0 Å². The van der Waals surface area contributed by atoms with Crippen molar-refractivity contribution >= 4 is 0 Å². The summed E-state index contributed by atoms with van der Waals surface area (Å²) in [7, 11) is 2.94. The molecule has 0 radical (unpaired) electrons. The van der Waals surface area contributed by atoms with E-state index in [1.807, 2.05) is 0 Å². The highest BCUT2D eigenvalue weighted by Gasteiger charge is 2.46. The summed E-state index contributed by atoms with van der Waals surface area (Å²) < 4.78 is 21.2. The molecule has 0 unspecified atom stereocenters. The molecule has 1 rings (SSSR count). The van der Waals surface area contributed by atoms with Gasteiger partial charge in [0.25, 0.3) is 0 Å². The van der Waals surface area contributed by atoms with Crippen LogP contribution in [0.25, 0.3) is 0 Å². The van der Waals surface area contributed by atoms with Crippen LogP contribution in [0.15, 0.2) is 12.7 Å². The Hall–Kier alpha value is -0.500. The summed E-state index contributed by atoms with van der Waals surface area (Å²) in [5.41, 5.74) is 0. The Labute approximate surface area is 101 Å². The fourth-order valence-electron chi connectivity index (χ4n) is 1.86.